The molecule has 38 heavy (non-hydrogen) atoms. The number of rotatable bonds is 7. The third-order valence-electron chi connectivity index (χ3n) is 7.16. The first-order chi connectivity index (χ1) is 18.3. The normalized spacial score (nSPS) is 18.7. The lowest BCUT2D eigenvalue weighted by Gasteiger charge is -2.44. The Bertz CT molecular complexity index is 1400. The Morgan fingerprint density at radius 1 is 1.24 bits per heavy atom. The summed E-state index contributed by atoms with van der Waals surface area (Å²) >= 11 is 7.40. The van der Waals surface area contributed by atoms with Gasteiger partial charge in [-0.25, -0.2) is 13.4 Å². The van der Waals surface area contributed by atoms with E-state index in [1.807, 2.05) is 25.1 Å². The molecule has 1 amide bonds. The van der Waals surface area contributed by atoms with Crippen molar-refractivity contribution in [1.82, 2.24) is 9.88 Å². The Labute approximate surface area is 236 Å². The van der Waals surface area contributed by atoms with Crippen LogP contribution in [-0.4, -0.2) is 74.2 Å². The van der Waals surface area contributed by atoms with E-state index < -0.39 is 10.0 Å². The second kappa shape index (κ2) is 11.1. The third kappa shape index (κ3) is 5.47. The number of aliphatic hydroxyl groups excluding tert-OH is 1. The van der Waals surface area contributed by atoms with E-state index in [1.54, 1.807) is 34.5 Å². The van der Waals surface area contributed by atoms with Gasteiger partial charge in [-0.05, 0) is 67.8 Å². The summed E-state index contributed by atoms with van der Waals surface area (Å²) in [7, 11) is -3.74. The number of hydrogen-bond donors (Lipinski definition) is 2. The molecule has 1 saturated heterocycles. The van der Waals surface area contributed by atoms with E-state index in [-0.39, 0.29) is 33.8 Å². The predicted molar refractivity (Wildman–Crippen MR) is 157 cm³/mol. The van der Waals surface area contributed by atoms with Crippen LogP contribution in [0, 0.1) is 0 Å². The number of amides is 1. The number of sulfonamides is 1. The Hall–Kier alpha value is -2.86. The Morgan fingerprint density at radius 3 is 2.74 bits per heavy atom. The molecule has 0 aliphatic carbocycles. The lowest BCUT2D eigenvalue weighted by Crippen LogP contribution is -2.60. The maximum Gasteiger partial charge on any atom is 0.263 e. The van der Waals surface area contributed by atoms with Gasteiger partial charge in [0.1, 0.15) is 6.04 Å². The van der Waals surface area contributed by atoms with Crippen molar-refractivity contribution in [1.29, 1.82) is 0 Å². The number of benzene rings is 2. The van der Waals surface area contributed by atoms with Gasteiger partial charge in [-0.15, -0.1) is 11.3 Å². The molecule has 9 nitrogen and oxygen atoms in total. The number of piperazine rings is 1. The molecule has 1 fully saturated rings. The summed E-state index contributed by atoms with van der Waals surface area (Å²) in [5, 5.41) is 12.9. The molecule has 3 heterocycles. The van der Waals surface area contributed by atoms with E-state index in [0.29, 0.717) is 29.8 Å². The smallest absolute Gasteiger partial charge is 0.263 e. The van der Waals surface area contributed by atoms with E-state index in [0.717, 1.165) is 36.3 Å². The molecule has 3 aromatic rings. The number of fused-ring (bicyclic) bond motifs is 1. The predicted octanol–water partition coefficient (Wildman–Crippen LogP) is 4.19. The van der Waals surface area contributed by atoms with Gasteiger partial charge in [0.25, 0.3) is 10.0 Å². The summed E-state index contributed by atoms with van der Waals surface area (Å²) in [6, 6.07) is 11.7. The minimum absolute atomic E-state index is 0. The van der Waals surface area contributed by atoms with Crippen LogP contribution < -0.4 is 14.5 Å². The van der Waals surface area contributed by atoms with Crippen LogP contribution in [-0.2, 0) is 21.2 Å². The van der Waals surface area contributed by atoms with Crippen molar-refractivity contribution < 1.29 is 22.6 Å². The fourth-order valence-corrected chi connectivity index (χ4v) is 7.17. The van der Waals surface area contributed by atoms with E-state index in [4.69, 9.17) is 11.6 Å². The maximum atomic E-state index is 13.6. The molecule has 2 aliphatic rings. The molecule has 2 N–H and O–H groups in total. The Morgan fingerprint density at radius 2 is 2.03 bits per heavy atom. The number of nitrogens with one attached hydrogen (secondary N) is 1. The average molecular weight is 582 g/mol. The zero-order chi connectivity index (χ0) is 26.9. The zero-order valence-electron chi connectivity index (χ0n) is 21.0. The number of aryl methyl sites for hydroxylation is 1. The average Bonchev–Trinajstić information content (AvgIpc) is 3.43. The molecule has 208 valence electrons. The Kier molecular flexibility index (Phi) is 7.80. The van der Waals surface area contributed by atoms with Crippen LogP contribution in [0.1, 0.15) is 23.2 Å². The summed E-state index contributed by atoms with van der Waals surface area (Å²) < 4.78 is 27.8. The van der Waals surface area contributed by atoms with Gasteiger partial charge in [-0.3, -0.25) is 9.52 Å². The van der Waals surface area contributed by atoms with Gasteiger partial charge in [-0.1, -0.05) is 11.6 Å². The molecule has 0 bridgehead atoms. The van der Waals surface area contributed by atoms with Gasteiger partial charge in [0.15, 0.2) is 5.13 Å². The zero-order valence-corrected chi connectivity index (χ0v) is 23.3. The Balaban J connectivity index is 0.00000196. The number of aromatic nitrogens is 1. The lowest BCUT2D eigenvalue weighted by atomic mass is 9.99. The lowest BCUT2D eigenvalue weighted by molar-refractivity contribution is -0.136. The van der Waals surface area contributed by atoms with Crippen LogP contribution in [0.2, 0.25) is 5.02 Å². The monoisotopic (exact) mass is 581 g/mol. The number of halogens is 1. The van der Waals surface area contributed by atoms with Gasteiger partial charge in [0, 0.05) is 58.4 Å². The van der Waals surface area contributed by atoms with Crippen molar-refractivity contribution in [3.63, 3.8) is 0 Å². The SMILES string of the molecule is C[C@H](C(=O)N1CCN(c2ccc(S(=O)(=O)Nc3nccs3)cc2)C[C@@H]1CO)N1CCCc2cc(Cl)ccc21.[HH].[HH].[HH]. The number of hydrogen-bond acceptors (Lipinski definition) is 8. The molecule has 1 aromatic heterocycles. The van der Waals surface area contributed by atoms with E-state index >= 15 is 0 Å². The summed E-state index contributed by atoms with van der Waals surface area (Å²) in [6.07, 6.45) is 3.43. The standard InChI is InChI=1S/C26H30ClN5O4S2.3H2/c1-18(31-11-2-3-19-15-20(27)4-9-24(19)31)25(34)32-13-12-30(16-22(32)17-33)21-5-7-23(8-6-21)38(35,36)29-26-28-10-14-37-26;;;/h4-10,14-15,18,22,33H,2-3,11-13,16-17H2,1H3,(H,28,29);3*1H/t18-,22-;;;/m1.../s1. The number of aliphatic hydroxyl groups is 1. The number of nitrogens with zero attached hydrogens (tertiary/aromatic N) is 4. The summed E-state index contributed by atoms with van der Waals surface area (Å²) in [5.74, 6) is -0.0128. The molecular weight excluding hydrogens is 546 g/mol. The highest BCUT2D eigenvalue weighted by molar-refractivity contribution is 7.93. The first kappa shape index (κ1) is 26.7. The summed E-state index contributed by atoms with van der Waals surface area (Å²) in [5.41, 5.74) is 3.03. The highest BCUT2D eigenvalue weighted by atomic mass is 35.5. The van der Waals surface area contributed by atoms with Crippen molar-refractivity contribution in [3.05, 3.63) is 64.6 Å². The minimum atomic E-state index is -3.74. The fourth-order valence-electron chi connectivity index (χ4n) is 5.19. The van der Waals surface area contributed by atoms with E-state index in [9.17, 15) is 18.3 Å². The van der Waals surface area contributed by atoms with Crippen LogP contribution in [0.3, 0.4) is 0 Å². The minimum Gasteiger partial charge on any atom is -0.394 e. The molecule has 2 atom stereocenters. The molecule has 0 spiro atoms. The molecule has 2 aliphatic heterocycles. The van der Waals surface area contributed by atoms with Gasteiger partial charge >= 0.3 is 0 Å². The molecule has 0 saturated carbocycles. The first-order valence-electron chi connectivity index (χ1n) is 12.5. The first-order valence-corrected chi connectivity index (χ1v) is 15.2. The largest absolute Gasteiger partial charge is 0.394 e. The highest BCUT2D eigenvalue weighted by Gasteiger charge is 2.35. The van der Waals surface area contributed by atoms with E-state index in [2.05, 4.69) is 19.5 Å². The number of anilines is 3. The second-order valence-corrected chi connectivity index (χ2v) is 12.5. The quantitative estimate of drug-likeness (QED) is 0.431. The molecule has 2 aromatic carbocycles. The van der Waals surface area contributed by atoms with Crippen molar-refractivity contribution in [2.45, 2.75) is 36.7 Å². The van der Waals surface area contributed by atoms with Gasteiger partial charge in [0.05, 0.1) is 17.5 Å². The van der Waals surface area contributed by atoms with Crippen LogP contribution in [0.5, 0.6) is 0 Å². The number of carbonyl (C=O) groups is 1. The summed E-state index contributed by atoms with van der Waals surface area (Å²) in [4.78, 5) is 23.7. The van der Waals surface area contributed by atoms with Gasteiger partial charge in [0.2, 0.25) is 5.91 Å². The molecule has 0 unspecified atom stereocenters. The summed E-state index contributed by atoms with van der Waals surface area (Å²) in [6.45, 7) is 4.03. The number of thiazole rings is 1. The topological polar surface area (TPSA) is 106 Å². The van der Waals surface area contributed by atoms with Crippen molar-refractivity contribution >= 4 is 55.4 Å². The molecule has 5 rings (SSSR count). The van der Waals surface area contributed by atoms with Crippen LogP contribution >= 0.6 is 22.9 Å². The van der Waals surface area contributed by atoms with Gasteiger partial charge < -0.3 is 19.8 Å². The second-order valence-electron chi connectivity index (χ2n) is 9.50. The third-order valence-corrected chi connectivity index (χ3v) is 9.57. The maximum absolute atomic E-state index is 13.6. The van der Waals surface area contributed by atoms with Crippen LogP contribution in [0.4, 0.5) is 16.5 Å². The van der Waals surface area contributed by atoms with Crippen LogP contribution in [0.25, 0.3) is 0 Å². The highest BCUT2D eigenvalue weighted by Crippen LogP contribution is 2.32. The van der Waals surface area contributed by atoms with Crippen molar-refractivity contribution in [2.75, 3.05) is 47.3 Å². The van der Waals surface area contributed by atoms with Crippen molar-refractivity contribution in [3.8, 4) is 0 Å². The van der Waals surface area contributed by atoms with Gasteiger partial charge in [-0.2, -0.15) is 0 Å². The molecule has 0 radical (unpaired) electrons. The number of carbonyl (C=O) groups excluding carboxylic acids is 1. The molecule has 12 heteroatoms. The fraction of sp³-hybridized carbons (Fsp3) is 0.385. The van der Waals surface area contributed by atoms with E-state index in [1.165, 1.54) is 17.5 Å². The molecular formula is C26H36ClN5O4S2. The van der Waals surface area contributed by atoms with Crippen LogP contribution in [0.15, 0.2) is 58.9 Å². The van der Waals surface area contributed by atoms with Crippen molar-refractivity contribution in [2.24, 2.45) is 0 Å².